The summed E-state index contributed by atoms with van der Waals surface area (Å²) in [5.74, 6) is -0.367. The summed E-state index contributed by atoms with van der Waals surface area (Å²) >= 11 is 5.76. The summed E-state index contributed by atoms with van der Waals surface area (Å²) in [5, 5.41) is 5.44. The number of amides is 1. The molecule has 0 saturated heterocycles. The van der Waals surface area contributed by atoms with E-state index >= 15 is 0 Å². The van der Waals surface area contributed by atoms with Crippen molar-refractivity contribution in [2.75, 3.05) is 7.11 Å². The van der Waals surface area contributed by atoms with Gasteiger partial charge in [-0.2, -0.15) is 13.2 Å². The third-order valence-corrected chi connectivity index (χ3v) is 3.09. The van der Waals surface area contributed by atoms with Gasteiger partial charge in [-0.25, -0.2) is 4.98 Å². The van der Waals surface area contributed by atoms with Crippen molar-refractivity contribution in [3.63, 3.8) is 0 Å². The van der Waals surface area contributed by atoms with Crippen LogP contribution in [0.5, 0.6) is 11.6 Å². The highest BCUT2D eigenvalue weighted by atomic mass is 35.5. The third kappa shape index (κ3) is 5.08. The van der Waals surface area contributed by atoms with Crippen LogP contribution in [0.2, 0.25) is 5.02 Å². The Morgan fingerprint density at radius 1 is 1.32 bits per heavy atom. The molecule has 10 heteroatoms. The van der Waals surface area contributed by atoms with E-state index in [4.69, 9.17) is 16.3 Å². The van der Waals surface area contributed by atoms with Gasteiger partial charge in [0.25, 0.3) is 5.91 Å². The fourth-order valence-electron chi connectivity index (χ4n) is 1.66. The topological polar surface area (TPSA) is 72.8 Å². The van der Waals surface area contributed by atoms with Crippen molar-refractivity contribution in [1.29, 1.82) is 0 Å². The Bertz CT molecular complexity index is 780. The van der Waals surface area contributed by atoms with Gasteiger partial charge in [0.2, 0.25) is 5.88 Å². The van der Waals surface area contributed by atoms with Crippen LogP contribution in [-0.2, 0) is 11.0 Å². The molecule has 0 aliphatic carbocycles. The van der Waals surface area contributed by atoms with E-state index in [9.17, 15) is 18.0 Å². The molecule has 0 bridgehead atoms. The van der Waals surface area contributed by atoms with Crippen molar-refractivity contribution in [1.82, 2.24) is 10.3 Å². The second kappa shape index (κ2) is 7.84. The lowest BCUT2D eigenvalue weighted by Crippen LogP contribution is -2.21. The number of nitrogens with zero attached hydrogens (tertiary/aromatic N) is 2. The molecule has 25 heavy (non-hydrogen) atoms. The summed E-state index contributed by atoms with van der Waals surface area (Å²) in [6.45, 7) is 0. The molecule has 0 atom stereocenters. The molecule has 0 aliphatic heterocycles. The summed E-state index contributed by atoms with van der Waals surface area (Å²) in [4.78, 5) is 19.7. The summed E-state index contributed by atoms with van der Waals surface area (Å²) < 4.78 is 43.0. The van der Waals surface area contributed by atoms with Crippen molar-refractivity contribution in [2.24, 2.45) is 5.16 Å². The van der Waals surface area contributed by atoms with Gasteiger partial charge in [0, 0.05) is 11.8 Å². The van der Waals surface area contributed by atoms with Crippen LogP contribution in [0, 0.1) is 0 Å². The molecule has 0 radical (unpaired) electrons. The van der Waals surface area contributed by atoms with E-state index in [1.165, 1.54) is 31.4 Å². The molecule has 1 aromatic heterocycles. The minimum absolute atomic E-state index is 0.181. The van der Waals surface area contributed by atoms with Crippen LogP contribution in [0.15, 0.2) is 41.7 Å². The quantitative estimate of drug-likeness (QED) is 0.490. The number of pyridine rings is 1. The summed E-state index contributed by atoms with van der Waals surface area (Å²) in [6.07, 6.45) is -2.84. The van der Waals surface area contributed by atoms with Gasteiger partial charge in [-0.05, 0) is 30.3 Å². The van der Waals surface area contributed by atoms with Crippen LogP contribution in [-0.4, -0.2) is 24.3 Å². The van der Waals surface area contributed by atoms with Crippen molar-refractivity contribution in [3.8, 4) is 11.6 Å². The van der Waals surface area contributed by atoms with Crippen LogP contribution in [0.3, 0.4) is 0 Å². The third-order valence-electron chi connectivity index (χ3n) is 2.82. The Kier molecular flexibility index (Phi) is 5.81. The predicted octanol–water partition coefficient (Wildman–Crippen LogP) is 3.87. The maximum atomic E-state index is 12.6. The monoisotopic (exact) mass is 373 g/mol. The number of carbonyl (C=O) groups is 1. The highest BCUT2D eigenvalue weighted by Crippen LogP contribution is 2.34. The molecule has 2 rings (SSSR count). The molecule has 0 saturated carbocycles. The maximum absolute atomic E-state index is 12.6. The number of alkyl halides is 3. The molecule has 1 heterocycles. The molecular formula is C15H11ClF3N3O3. The van der Waals surface area contributed by atoms with Crippen LogP contribution < -0.4 is 10.1 Å². The lowest BCUT2D eigenvalue weighted by molar-refractivity contribution is -0.137. The van der Waals surface area contributed by atoms with E-state index < -0.39 is 17.6 Å². The maximum Gasteiger partial charge on any atom is 0.417 e. The van der Waals surface area contributed by atoms with E-state index in [-0.39, 0.29) is 16.7 Å². The predicted molar refractivity (Wildman–Crippen MR) is 83.7 cm³/mol. The van der Waals surface area contributed by atoms with Gasteiger partial charge in [0.15, 0.2) is 0 Å². The zero-order valence-electron chi connectivity index (χ0n) is 12.7. The van der Waals surface area contributed by atoms with Gasteiger partial charge in [-0.3, -0.25) is 4.79 Å². The van der Waals surface area contributed by atoms with E-state index in [1.54, 1.807) is 0 Å². The van der Waals surface area contributed by atoms with Crippen molar-refractivity contribution in [2.45, 2.75) is 6.18 Å². The summed E-state index contributed by atoms with van der Waals surface area (Å²) in [7, 11) is 1.33. The first kappa shape index (κ1) is 18.5. The van der Waals surface area contributed by atoms with E-state index in [0.717, 1.165) is 12.4 Å². The van der Waals surface area contributed by atoms with Crippen LogP contribution in [0.25, 0.3) is 0 Å². The highest BCUT2D eigenvalue weighted by Gasteiger charge is 2.31. The van der Waals surface area contributed by atoms with Crippen LogP contribution in [0.1, 0.15) is 15.9 Å². The van der Waals surface area contributed by atoms with E-state index in [0.29, 0.717) is 11.8 Å². The molecule has 132 valence electrons. The first-order valence-electron chi connectivity index (χ1n) is 6.68. The number of ether oxygens (including phenoxy) is 1. The van der Waals surface area contributed by atoms with Gasteiger partial charge in [-0.1, -0.05) is 16.8 Å². The Morgan fingerprint density at radius 2 is 2.00 bits per heavy atom. The van der Waals surface area contributed by atoms with Crippen molar-refractivity contribution < 1.29 is 27.5 Å². The largest absolute Gasteiger partial charge is 0.438 e. The zero-order chi connectivity index (χ0) is 18.4. The fourth-order valence-corrected chi connectivity index (χ4v) is 1.87. The van der Waals surface area contributed by atoms with Crippen LogP contribution in [0.4, 0.5) is 13.2 Å². The van der Waals surface area contributed by atoms with E-state index in [2.05, 4.69) is 20.3 Å². The highest BCUT2D eigenvalue weighted by molar-refractivity contribution is 6.31. The molecule has 0 aliphatic rings. The molecule has 1 N–H and O–H groups in total. The lowest BCUT2D eigenvalue weighted by Gasteiger charge is -2.10. The number of nitrogens with one attached hydrogen (secondary N) is 1. The number of carbonyl (C=O) groups excluding carboxylic acids is 1. The molecule has 1 aromatic carbocycles. The average Bonchev–Trinajstić information content (AvgIpc) is 2.56. The molecule has 6 nitrogen and oxygen atoms in total. The second-order valence-corrected chi connectivity index (χ2v) is 4.93. The summed E-state index contributed by atoms with van der Waals surface area (Å²) in [6, 6.07) is 6.50. The normalized spacial score (nSPS) is 11.4. The van der Waals surface area contributed by atoms with Crippen molar-refractivity contribution >= 4 is 23.8 Å². The number of oxime groups is 1. The molecule has 0 spiro atoms. The molecule has 0 unspecified atom stereocenters. The first-order chi connectivity index (χ1) is 11.8. The second-order valence-electron chi connectivity index (χ2n) is 4.53. The minimum atomic E-state index is -4.55. The average molecular weight is 374 g/mol. The van der Waals surface area contributed by atoms with Gasteiger partial charge in [0.05, 0.1) is 5.56 Å². The number of aromatic nitrogens is 1. The first-order valence-corrected chi connectivity index (χ1v) is 7.05. The van der Waals surface area contributed by atoms with E-state index in [1.807, 2.05) is 0 Å². The number of benzene rings is 1. The fraction of sp³-hybridized carbons (Fsp3) is 0.133. The molecule has 1 amide bonds. The van der Waals surface area contributed by atoms with Gasteiger partial charge < -0.3 is 14.9 Å². The van der Waals surface area contributed by atoms with Gasteiger partial charge in [0.1, 0.15) is 24.2 Å². The van der Waals surface area contributed by atoms with Crippen molar-refractivity contribution in [3.05, 3.63) is 52.7 Å². The smallest absolute Gasteiger partial charge is 0.417 e. The number of hydrogen-bond donors (Lipinski definition) is 1. The Hall–Kier alpha value is -2.81. The lowest BCUT2D eigenvalue weighted by atomic mass is 10.2. The molecular weight excluding hydrogens is 363 g/mol. The molecule has 2 aromatic rings. The number of rotatable bonds is 5. The Labute approximate surface area is 145 Å². The van der Waals surface area contributed by atoms with Crippen LogP contribution >= 0.6 is 11.6 Å². The Morgan fingerprint density at radius 3 is 2.56 bits per heavy atom. The number of hydrogen-bond acceptors (Lipinski definition) is 5. The van der Waals surface area contributed by atoms with Gasteiger partial charge >= 0.3 is 6.18 Å². The van der Waals surface area contributed by atoms with Gasteiger partial charge in [-0.15, -0.1) is 0 Å². The minimum Gasteiger partial charge on any atom is -0.438 e. The SMILES string of the molecule is CON=CNC(=O)c1ccc(Oc2ncc(C(F)(F)F)cc2Cl)cc1. The zero-order valence-corrected chi connectivity index (χ0v) is 13.4. The summed E-state index contributed by atoms with van der Waals surface area (Å²) in [5.41, 5.74) is -0.670. The molecule has 0 fully saturated rings. The Balaban J connectivity index is 2.09. The standard InChI is InChI=1S/C15H11ClF3N3O3/c1-24-22-8-21-13(23)9-2-4-11(5-3-9)25-14-12(16)6-10(7-20-14)15(17,18)19/h2-8H,1H3,(H,21,22,23). The number of halogens is 4.